The number of sulfone groups is 1. The Morgan fingerprint density at radius 2 is 2.04 bits per heavy atom. The smallest absolute Gasteiger partial charge is 0.159 e. The molecule has 0 atom stereocenters. The molecule has 1 aliphatic carbocycles. The molecule has 1 fully saturated rings. The van der Waals surface area contributed by atoms with Gasteiger partial charge in [-0.2, -0.15) is 0 Å². The summed E-state index contributed by atoms with van der Waals surface area (Å²) < 4.78 is 23.0. The van der Waals surface area contributed by atoms with Crippen molar-refractivity contribution in [3.05, 3.63) is 39.6 Å². The first kappa shape index (κ1) is 19.6. The van der Waals surface area contributed by atoms with E-state index >= 15 is 0 Å². The fraction of sp³-hybridized carbons (Fsp3) is 0.500. The molecule has 0 aliphatic heterocycles. The summed E-state index contributed by atoms with van der Waals surface area (Å²) in [4.78, 5) is 16.9. The first-order chi connectivity index (χ1) is 12.6. The summed E-state index contributed by atoms with van der Waals surface area (Å²) in [6.45, 7) is 3.56. The van der Waals surface area contributed by atoms with Gasteiger partial charge in [-0.15, -0.1) is 0 Å². The largest absolute Gasteiger partial charge is 0.271 e. The highest BCUT2D eigenvalue weighted by Gasteiger charge is 2.37. The van der Waals surface area contributed by atoms with Gasteiger partial charge in [0.15, 0.2) is 15.7 Å². The van der Waals surface area contributed by atoms with Gasteiger partial charge in [0.2, 0.25) is 0 Å². The molecule has 0 aromatic carbocycles. The maximum absolute atomic E-state index is 11.5. The summed E-state index contributed by atoms with van der Waals surface area (Å²) in [5.41, 5.74) is 11.5. The van der Waals surface area contributed by atoms with Crippen LogP contribution in [-0.2, 0) is 20.2 Å². The van der Waals surface area contributed by atoms with Crippen LogP contribution in [-0.4, -0.2) is 36.0 Å². The minimum absolute atomic E-state index is 0.207. The van der Waals surface area contributed by atoms with Crippen molar-refractivity contribution in [2.24, 2.45) is 5.11 Å². The van der Waals surface area contributed by atoms with Crippen LogP contribution in [0, 0.1) is 0 Å². The highest BCUT2D eigenvalue weighted by molar-refractivity contribution is 7.91. The van der Waals surface area contributed by atoms with E-state index in [1.165, 1.54) is 6.26 Å². The van der Waals surface area contributed by atoms with E-state index in [2.05, 4.69) is 25.5 Å². The molecule has 0 radical (unpaired) electrons. The molecular weight excluding hydrogens is 392 g/mol. The average Bonchev–Trinajstić information content (AvgIpc) is 2.51. The van der Waals surface area contributed by atoms with Gasteiger partial charge in [-0.3, -0.25) is 4.84 Å². The van der Waals surface area contributed by atoms with Crippen LogP contribution in [0.2, 0.25) is 5.15 Å². The maximum Gasteiger partial charge on any atom is 0.159 e. The Hall–Kier alpha value is -2.13. The number of rotatable bonds is 6. The normalized spacial score (nSPS) is 20.0. The summed E-state index contributed by atoms with van der Waals surface area (Å²) in [6.07, 6.45) is 5.06. The highest BCUT2D eigenvalue weighted by Crippen LogP contribution is 2.35. The number of pyridine rings is 2. The summed E-state index contributed by atoms with van der Waals surface area (Å²) in [6, 6.07) is 1.68. The molecule has 0 saturated heterocycles. The molecule has 0 unspecified atom stereocenters. The lowest BCUT2D eigenvalue weighted by atomic mass is 9.93. The van der Waals surface area contributed by atoms with Gasteiger partial charge in [-0.05, 0) is 35.4 Å². The Balaban J connectivity index is 1.87. The molecule has 144 valence electrons. The molecule has 11 heteroatoms. The van der Waals surface area contributed by atoms with Crippen LogP contribution in [0.1, 0.15) is 32.3 Å². The summed E-state index contributed by atoms with van der Waals surface area (Å²) in [5.74, 6) is 0.428. The third-order valence-corrected chi connectivity index (χ3v) is 6.47. The number of hydrogen-bond acceptors (Lipinski definition) is 7. The molecular formula is C16H19ClN6O3S. The van der Waals surface area contributed by atoms with Crippen LogP contribution in [0.5, 0.6) is 0 Å². The molecule has 9 nitrogen and oxygen atoms in total. The molecule has 0 spiro atoms. The highest BCUT2D eigenvalue weighted by atomic mass is 35.5. The monoisotopic (exact) mass is 410 g/mol. The van der Waals surface area contributed by atoms with E-state index in [-0.39, 0.29) is 11.4 Å². The van der Waals surface area contributed by atoms with Crippen molar-refractivity contribution in [3.63, 3.8) is 0 Å². The number of azide groups is 1. The number of hydrogen-bond donors (Lipinski definition) is 1. The summed E-state index contributed by atoms with van der Waals surface area (Å²) in [7, 11) is -3.04. The second-order valence-electron chi connectivity index (χ2n) is 7.09. The van der Waals surface area contributed by atoms with Crippen LogP contribution in [0.3, 0.4) is 0 Å². The topological polar surface area (TPSA) is 130 Å². The van der Waals surface area contributed by atoms with E-state index in [9.17, 15) is 8.42 Å². The molecule has 1 aliphatic rings. The fourth-order valence-electron chi connectivity index (χ4n) is 2.95. The van der Waals surface area contributed by atoms with Crippen molar-refractivity contribution in [2.75, 3.05) is 11.7 Å². The zero-order valence-corrected chi connectivity index (χ0v) is 16.6. The number of fused-ring (bicyclic) bond motifs is 1. The lowest BCUT2D eigenvalue weighted by Crippen LogP contribution is -2.41. The lowest BCUT2D eigenvalue weighted by Gasteiger charge is -2.33. The lowest BCUT2D eigenvalue weighted by molar-refractivity contribution is 0.0413. The van der Waals surface area contributed by atoms with Gasteiger partial charge in [-0.25, -0.2) is 23.9 Å². The molecule has 2 aromatic rings. The molecule has 0 bridgehead atoms. The first-order valence-electron chi connectivity index (χ1n) is 8.23. The number of halogens is 1. The van der Waals surface area contributed by atoms with Gasteiger partial charge in [0.05, 0.1) is 16.9 Å². The number of nitrogens with one attached hydrogen (secondary N) is 1. The zero-order chi connectivity index (χ0) is 19.8. The quantitative estimate of drug-likeness (QED) is 0.254. The van der Waals surface area contributed by atoms with Gasteiger partial charge in [0.1, 0.15) is 5.15 Å². The van der Waals surface area contributed by atoms with E-state index in [4.69, 9.17) is 22.0 Å². The van der Waals surface area contributed by atoms with E-state index in [0.29, 0.717) is 34.8 Å². The third-order valence-electron chi connectivity index (χ3n) is 4.67. The predicted octanol–water partition coefficient (Wildman–Crippen LogP) is 3.75. The number of anilines is 1. The van der Waals surface area contributed by atoms with Gasteiger partial charge in [-0.1, -0.05) is 30.6 Å². The van der Waals surface area contributed by atoms with Crippen LogP contribution in [0.25, 0.3) is 21.2 Å². The Morgan fingerprint density at radius 1 is 1.33 bits per heavy atom. The van der Waals surface area contributed by atoms with Gasteiger partial charge < -0.3 is 0 Å². The molecule has 3 rings (SSSR count). The SMILES string of the molecule is CC(C)(N=[N+]=[N-])c1cnc(NOC2CC(S(C)(=O)=O)C2)c2cnc(Cl)cc12. The number of aromatic nitrogens is 2. The minimum atomic E-state index is -3.04. The average molecular weight is 411 g/mol. The van der Waals surface area contributed by atoms with Crippen molar-refractivity contribution >= 4 is 38.0 Å². The Labute approximate surface area is 161 Å². The van der Waals surface area contributed by atoms with Crippen molar-refractivity contribution < 1.29 is 13.3 Å². The van der Waals surface area contributed by atoms with Crippen LogP contribution < -0.4 is 5.48 Å². The summed E-state index contributed by atoms with van der Waals surface area (Å²) >= 11 is 6.04. The zero-order valence-electron chi connectivity index (χ0n) is 15.0. The van der Waals surface area contributed by atoms with Crippen molar-refractivity contribution in [1.29, 1.82) is 0 Å². The Bertz CT molecular complexity index is 1030. The second kappa shape index (κ2) is 7.12. The van der Waals surface area contributed by atoms with Gasteiger partial charge >= 0.3 is 0 Å². The van der Waals surface area contributed by atoms with E-state index < -0.39 is 15.4 Å². The summed E-state index contributed by atoms with van der Waals surface area (Å²) in [5, 5.41) is 5.16. The molecule has 2 aromatic heterocycles. The fourth-order valence-corrected chi connectivity index (χ4v) is 4.23. The van der Waals surface area contributed by atoms with Gasteiger partial charge in [0.25, 0.3) is 0 Å². The van der Waals surface area contributed by atoms with E-state index in [1.54, 1.807) is 32.3 Å². The van der Waals surface area contributed by atoms with Gasteiger partial charge in [0, 0.05) is 28.9 Å². The Kier molecular flexibility index (Phi) is 5.18. The first-order valence-corrected chi connectivity index (χ1v) is 10.6. The maximum atomic E-state index is 11.5. The molecule has 2 heterocycles. The van der Waals surface area contributed by atoms with Crippen LogP contribution in [0.15, 0.2) is 23.6 Å². The number of nitrogens with zero attached hydrogens (tertiary/aromatic N) is 5. The molecule has 27 heavy (non-hydrogen) atoms. The van der Waals surface area contributed by atoms with E-state index in [1.807, 2.05) is 0 Å². The molecule has 0 amide bonds. The standard InChI is InChI=1S/C16H19ClN6O3S/c1-16(2,22-23-18)13-8-20-15(12-7-19-14(17)6-11(12)13)21-26-9-4-10(5-9)27(3,24)25/h6-10H,4-5H2,1-3H3,(H,20,21). The molecule has 1 saturated carbocycles. The van der Waals surface area contributed by atoms with Crippen molar-refractivity contribution in [2.45, 2.75) is 43.6 Å². The van der Waals surface area contributed by atoms with Crippen LogP contribution in [0.4, 0.5) is 5.82 Å². The van der Waals surface area contributed by atoms with E-state index in [0.717, 1.165) is 5.39 Å². The molecule has 1 N–H and O–H groups in total. The van der Waals surface area contributed by atoms with Crippen molar-refractivity contribution in [1.82, 2.24) is 9.97 Å². The predicted molar refractivity (Wildman–Crippen MR) is 103 cm³/mol. The third kappa shape index (κ3) is 4.08. The van der Waals surface area contributed by atoms with Crippen LogP contribution >= 0.6 is 11.6 Å². The second-order valence-corrected chi connectivity index (χ2v) is 9.80. The minimum Gasteiger partial charge on any atom is -0.271 e. The Morgan fingerprint density at radius 3 is 2.67 bits per heavy atom. The van der Waals surface area contributed by atoms with Crippen molar-refractivity contribution in [3.8, 4) is 0 Å².